The number of hydrogen-bond acceptors (Lipinski definition) is 6. The quantitative estimate of drug-likeness (QED) is 0.394. The van der Waals surface area contributed by atoms with Gasteiger partial charge in [0.25, 0.3) is 0 Å². The van der Waals surface area contributed by atoms with Crippen molar-refractivity contribution in [3.05, 3.63) is 72.9 Å². The second-order valence-corrected chi connectivity index (χ2v) is 8.46. The minimum absolute atomic E-state index is 0.313. The summed E-state index contributed by atoms with van der Waals surface area (Å²) in [6, 6.07) is 22.9. The molecule has 1 fully saturated rings. The number of imidazole rings is 1. The normalized spacial score (nSPS) is 14.5. The zero-order valence-electron chi connectivity index (χ0n) is 18.9. The van der Waals surface area contributed by atoms with Gasteiger partial charge in [0.2, 0.25) is 5.95 Å². The van der Waals surface area contributed by atoms with Gasteiger partial charge >= 0.3 is 0 Å². The first-order valence-corrected chi connectivity index (χ1v) is 11.5. The van der Waals surface area contributed by atoms with Crippen LogP contribution in [0.1, 0.15) is 12.8 Å². The number of hydrogen-bond donors (Lipinski definition) is 1. The van der Waals surface area contributed by atoms with Crippen LogP contribution in [0.3, 0.4) is 0 Å². The lowest BCUT2D eigenvalue weighted by atomic mass is 10.1. The lowest BCUT2D eigenvalue weighted by Gasteiger charge is -2.23. The van der Waals surface area contributed by atoms with Gasteiger partial charge in [0.05, 0.1) is 18.1 Å². The molecule has 5 aromatic rings. The maximum atomic E-state index is 5.48. The maximum Gasteiger partial charge on any atom is 0.224 e. The molecular formula is C27H25N5O2. The SMILES string of the molecule is COc1ccc2c(c1)nc(-c1ccc3ccccc3c1)n2-c1ccnc(NC2CCOCC2)n1. The fourth-order valence-corrected chi connectivity index (χ4v) is 4.51. The Kier molecular flexibility index (Phi) is 5.31. The average Bonchev–Trinajstić information content (AvgIpc) is 3.28. The van der Waals surface area contributed by atoms with Crippen LogP contribution >= 0.6 is 0 Å². The molecule has 3 aromatic carbocycles. The second-order valence-electron chi connectivity index (χ2n) is 8.46. The Morgan fingerprint density at radius 1 is 0.941 bits per heavy atom. The molecule has 34 heavy (non-hydrogen) atoms. The van der Waals surface area contributed by atoms with Crippen molar-refractivity contribution in [2.75, 3.05) is 25.6 Å². The van der Waals surface area contributed by atoms with E-state index in [1.165, 1.54) is 10.8 Å². The molecule has 1 aliphatic heterocycles. The Morgan fingerprint density at radius 2 is 1.79 bits per heavy atom. The summed E-state index contributed by atoms with van der Waals surface area (Å²) in [7, 11) is 1.67. The minimum Gasteiger partial charge on any atom is -0.497 e. The summed E-state index contributed by atoms with van der Waals surface area (Å²) in [5.41, 5.74) is 2.83. The first kappa shape index (κ1) is 20.6. The van der Waals surface area contributed by atoms with Gasteiger partial charge in [-0.15, -0.1) is 0 Å². The Morgan fingerprint density at radius 3 is 2.65 bits per heavy atom. The molecule has 1 saturated heterocycles. The standard InChI is InChI=1S/C27H25N5O2/c1-33-22-8-9-24-23(17-22)30-26(20-7-6-18-4-2-3-5-19(18)16-20)32(24)25-10-13-28-27(31-25)29-21-11-14-34-15-12-21/h2-10,13,16-17,21H,11-12,14-15H2,1H3,(H,28,29,31). The lowest BCUT2D eigenvalue weighted by molar-refractivity contribution is 0.0903. The van der Waals surface area contributed by atoms with Crippen LogP contribution in [0.4, 0.5) is 5.95 Å². The summed E-state index contributed by atoms with van der Waals surface area (Å²) in [6.45, 7) is 1.52. The summed E-state index contributed by atoms with van der Waals surface area (Å²) in [5.74, 6) is 2.97. The van der Waals surface area contributed by atoms with Gasteiger partial charge in [-0.3, -0.25) is 4.57 Å². The third-order valence-corrected chi connectivity index (χ3v) is 6.29. The van der Waals surface area contributed by atoms with Crippen molar-refractivity contribution in [1.82, 2.24) is 19.5 Å². The van der Waals surface area contributed by atoms with E-state index < -0.39 is 0 Å². The first-order chi connectivity index (χ1) is 16.8. The van der Waals surface area contributed by atoms with Crippen LogP contribution in [-0.4, -0.2) is 45.9 Å². The van der Waals surface area contributed by atoms with Crippen LogP contribution in [-0.2, 0) is 4.74 Å². The highest BCUT2D eigenvalue weighted by atomic mass is 16.5. The number of rotatable bonds is 5. The van der Waals surface area contributed by atoms with Crippen molar-refractivity contribution in [1.29, 1.82) is 0 Å². The summed E-state index contributed by atoms with van der Waals surface area (Å²) in [4.78, 5) is 14.4. The molecule has 7 nitrogen and oxygen atoms in total. The molecule has 0 amide bonds. The fraction of sp³-hybridized carbons (Fsp3) is 0.222. The third kappa shape index (κ3) is 3.84. The molecule has 6 rings (SSSR count). The van der Waals surface area contributed by atoms with Crippen LogP contribution < -0.4 is 10.1 Å². The van der Waals surface area contributed by atoms with Crippen molar-refractivity contribution < 1.29 is 9.47 Å². The highest BCUT2D eigenvalue weighted by molar-refractivity contribution is 5.89. The number of ether oxygens (including phenoxy) is 2. The number of anilines is 1. The fourth-order valence-electron chi connectivity index (χ4n) is 4.51. The summed E-state index contributed by atoms with van der Waals surface area (Å²) in [6.07, 6.45) is 3.69. The molecule has 0 bridgehead atoms. The molecule has 0 atom stereocenters. The van der Waals surface area contributed by atoms with Crippen molar-refractivity contribution in [2.24, 2.45) is 0 Å². The molecule has 1 N–H and O–H groups in total. The van der Waals surface area contributed by atoms with E-state index in [4.69, 9.17) is 19.4 Å². The Hall–Kier alpha value is -3.97. The highest BCUT2D eigenvalue weighted by Crippen LogP contribution is 2.32. The molecule has 2 aromatic heterocycles. The zero-order chi connectivity index (χ0) is 22.9. The Bertz CT molecular complexity index is 1470. The first-order valence-electron chi connectivity index (χ1n) is 11.5. The van der Waals surface area contributed by atoms with Gasteiger partial charge in [-0.05, 0) is 47.9 Å². The maximum absolute atomic E-state index is 5.48. The lowest BCUT2D eigenvalue weighted by Crippen LogP contribution is -2.28. The van der Waals surface area contributed by atoms with E-state index >= 15 is 0 Å². The van der Waals surface area contributed by atoms with Crippen LogP contribution in [0.2, 0.25) is 0 Å². The van der Waals surface area contributed by atoms with Crippen LogP contribution in [0.25, 0.3) is 39.0 Å². The molecule has 0 spiro atoms. The van der Waals surface area contributed by atoms with Gasteiger partial charge in [0.1, 0.15) is 17.4 Å². The van der Waals surface area contributed by atoms with Gasteiger partial charge in [-0.25, -0.2) is 9.97 Å². The molecular weight excluding hydrogens is 426 g/mol. The second kappa shape index (κ2) is 8.76. The summed E-state index contributed by atoms with van der Waals surface area (Å²) in [5, 5.41) is 5.84. The minimum atomic E-state index is 0.313. The van der Waals surface area contributed by atoms with Crippen molar-refractivity contribution in [3.63, 3.8) is 0 Å². The molecule has 3 heterocycles. The van der Waals surface area contributed by atoms with Crippen molar-refractivity contribution in [3.8, 4) is 23.0 Å². The smallest absolute Gasteiger partial charge is 0.224 e. The topological polar surface area (TPSA) is 74.1 Å². The van der Waals surface area contributed by atoms with Crippen LogP contribution in [0.15, 0.2) is 72.9 Å². The van der Waals surface area contributed by atoms with Gasteiger partial charge in [-0.2, -0.15) is 4.98 Å². The average molecular weight is 452 g/mol. The molecule has 0 saturated carbocycles. The van der Waals surface area contributed by atoms with E-state index in [0.717, 1.165) is 60.0 Å². The number of nitrogens with one attached hydrogen (secondary N) is 1. The molecule has 0 radical (unpaired) electrons. The van der Waals surface area contributed by atoms with E-state index in [2.05, 4.69) is 57.3 Å². The molecule has 170 valence electrons. The molecule has 1 aliphatic rings. The number of methoxy groups -OCH3 is 1. The Labute approximate surface area is 197 Å². The largest absolute Gasteiger partial charge is 0.497 e. The van der Waals surface area contributed by atoms with E-state index in [9.17, 15) is 0 Å². The Balaban J connectivity index is 1.49. The van der Waals surface area contributed by atoms with E-state index in [-0.39, 0.29) is 0 Å². The monoisotopic (exact) mass is 451 g/mol. The van der Waals surface area contributed by atoms with E-state index in [1.807, 2.05) is 24.3 Å². The predicted molar refractivity (Wildman–Crippen MR) is 134 cm³/mol. The number of nitrogens with zero attached hydrogens (tertiary/aromatic N) is 4. The van der Waals surface area contributed by atoms with E-state index in [1.54, 1.807) is 13.3 Å². The van der Waals surface area contributed by atoms with Gasteiger partial charge < -0.3 is 14.8 Å². The van der Waals surface area contributed by atoms with Gasteiger partial charge in [-0.1, -0.05) is 36.4 Å². The van der Waals surface area contributed by atoms with Crippen LogP contribution in [0.5, 0.6) is 5.75 Å². The van der Waals surface area contributed by atoms with Crippen molar-refractivity contribution >= 4 is 27.8 Å². The van der Waals surface area contributed by atoms with Crippen molar-refractivity contribution in [2.45, 2.75) is 18.9 Å². The zero-order valence-corrected chi connectivity index (χ0v) is 18.9. The summed E-state index contributed by atoms with van der Waals surface area (Å²) < 4.78 is 13.0. The number of aromatic nitrogens is 4. The summed E-state index contributed by atoms with van der Waals surface area (Å²) >= 11 is 0. The predicted octanol–water partition coefficient (Wildman–Crippen LogP) is 5.24. The van der Waals surface area contributed by atoms with Gasteiger partial charge in [0, 0.05) is 37.1 Å². The molecule has 0 unspecified atom stereocenters. The van der Waals surface area contributed by atoms with Gasteiger partial charge in [0.15, 0.2) is 0 Å². The number of fused-ring (bicyclic) bond motifs is 2. The van der Waals surface area contributed by atoms with E-state index in [0.29, 0.717) is 12.0 Å². The highest BCUT2D eigenvalue weighted by Gasteiger charge is 2.18. The third-order valence-electron chi connectivity index (χ3n) is 6.29. The number of benzene rings is 3. The van der Waals surface area contributed by atoms with Crippen LogP contribution in [0, 0.1) is 0 Å². The molecule has 0 aliphatic carbocycles. The molecule has 7 heteroatoms.